The average Bonchev–Trinajstić information content (AvgIpc) is 3.61. The molecule has 8 atom stereocenters. The van der Waals surface area contributed by atoms with Crippen molar-refractivity contribution in [3.63, 3.8) is 0 Å². The Hall–Kier alpha value is -4.23. The molecule has 0 radical (unpaired) electrons. The van der Waals surface area contributed by atoms with Gasteiger partial charge in [0.25, 0.3) is 11.4 Å². The minimum atomic E-state index is -2.89. The van der Waals surface area contributed by atoms with Crippen LogP contribution in [0.4, 0.5) is 14.9 Å². The number of halogens is 1. The monoisotopic (exact) mass is 671 g/mol. The minimum Gasteiger partial charge on any atom is -0.455 e. The number of nitro groups is 1. The molecule has 2 aromatic rings. The maximum absolute atomic E-state index is 15.8. The summed E-state index contributed by atoms with van der Waals surface area (Å²) in [4.78, 5) is 65.9. The van der Waals surface area contributed by atoms with Gasteiger partial charge in [0.15, 0.2) is 11.4 Å². The first kappa shape index (κ1) is 36.6. The van der Waals surface area contributed by atoms with E-state index in [2.05, 4.69) is 10.3 Å². The fourth-order valence-electron chi connectivity index (χ4n) is 7.40. The Morgan fingerprint density at radius 3 is 2.38 bits per heavy atom. The number of benzene rings is 1. The predicted octanol–water partition coefficient (Wildman–Crippen LogP) is 5.74. The van der Waals surface area contributed by atoms with Gasteiger partial charge < -0.3 is 14.4 Å². The Morgan fingerprint density at radius 1 is 1.04 bits per heavy atom. The van der Waals surface area contributed by atoms with Gasteiger partial charge in [-0.05, 0) is 51.9 Å². The molecule has 1 amide bonds. The lowest BCUT2D eigenvalue weighted by molar-refractivity contribution is -0.384. The van der Waals surface area contributed by atoms with E-state index in [-0.39, 0.29) is 30.4 Å². The van der Waals surface area contributed by atoms with E-state index in [4.69, 9.17) is 9.47 Å². The summed E-state index contributed by atoms with van der Waals surface area (Å²) in [5.41, 5.74) is -3.41. The molecular weight excluding hydrogens is 625 g/mol. The number of ketones is 2. The van der Waals surface area contributed by atoms with E-state index in [0.717, 1.165) is 6.92 Å². The number of hydrogen-bond acceptors (Lipinski definition) is 10. The number of fused-ring (bicyclic) bond motifs is 1. The van der Waals surface area contributed by atoms with Crippen molar-refractivity contribution < 1.29 is 38.0 Å². The topological polar surface area (TPSA) is 164 Å². The van der Waals surface area contributed by atoms with Crippen molar-refractivity contribution in [3.8, 4) is 11.3 Å². The number of cyclic esters (lactones) is 1. The molecule has 4 rings (SSSR count). The SMILES string of the molecule is CC[C@H]1OC(=O)[C@@](C)(F)C(=O)[C@H](C)C[C@@H](C)C[C@@H](C)C(=O)[C@H](C)[C@@H]2N(CCCCn3cc(-c4cccc([N+](=O)[O-])c4)nn3)C(=O)O[C@@]21C. The van der Waals surface area contributed by atoms with E-state index in [1.165, 1.54) is 17.0 Å². The summed E-state index contributed by atoms with van der Waals surface area (Å²) in [6.07, 6.45) is 1.85. The standard InChI is InChI=1S/C34H46FN5O8/c1-8-27-34(7)29(23(5)28(41)21(3)16-20(2)17-22(4)30(42)33(6,35)31(43)47-27)39(32(44)48-34)15-10-9-14-38-19-26(36-37-38)24-12-11-13-25(18-24)40(45)46/h11-13,18-23,27,29H,8-10,14-17H2,1-7H3/t20-,21+,22+,23-,27+,29-,33-,34+/m0/s1. The molecule has 2 saturated heterocycles. The van der Waals surface area contributed by atoms with Crippen LogP contribution >= 0.6 is 0 Å². The van der Waals surface area contributed by atoms with Crippen molar-refractivity contribution >= 4 is 29.3 Å². The molecule has 13 nitrogen and oxygen atoms in total. The highest BCUT2D eigenvalue weighted by atomic mass is 19.1. The summed E-state index contributed by atoms with van der Waals surface area (Å²) in [6.45, 7) is 11.9. The highest BCUT2D eigenvalue weighted by molar-refractivity contribution is 6.07. The van der Waals surface area contributed by atoms with Crippen LogP contribution in [0.3, 0.4) is 0 Å². The smallest absolute Gasteiger partial charge is 0.410 e. The van der Waals surface area contributed by atoms with Crippen LogP contribution in [-0.2, 0) is 30.4 Å². The molecular formula is C34H46FN5O8. The number of hydrogen-bond donors (Lipinski definition) is 0. The van der Waals surface area contributed by atoms with Gasteiger partial charge in [-0.2, -0.15) is 0 Å². The van der Waals surface area contributed by atoms with Crippen LogP contribution in [-0.4, -0.2) is 78.4 Å². The summed E-state index contributed by atoms with van der Waals surface area (Å²) >= 11 is 0. The lowest BCUT2D eigenvalue weighted by Crippen LogP contribution is -2.58. The maximum atomic E-state index is 15.8. The third-order valence-corrected chi connectivity index (χ3v) is 9.87. The fourth-order valence-corrected chi connectivity index (χ4v) is 7.40. The molecule has 0 aliphatic carbocycles. The summed E-state index contributed by atoms with van der Waals surface area (Å²) in [5.74, 6) is -4.28. The third kappa shape index (κ3) is 7.41. The van der Waals surface area contributed by atoms with Gasteiger partial charge in [0, 0.05) is 48.5 Å². The van der Waals surface area contributed by atoms with Crippen molar-refractivity contribution in [2.75, 3.05) is 6.54 Å². The number of nitro benzene ring substituents is 1. The molecule has 0 unspecified atom stereocenters. The number of ether oxygens (including phenoxy) is 2. The number of nitrogens with zero attached hydrogens (tertiary/aromatic N) is 5. The van der Waals surface area contributed by atoms with Crippen LogP contribution in [0, 0.1) is 33.8 Å². The van der Waals surface area contributed by atoms with E-state index >= 15 is 4.39 Å². The van der Waals surface area contributed by atoms with Gasteiger partial charge in [0.05, 0.1) is 17.2 Å². The van der Waals surface area contributed by atoms with E-state index < -0.39 is 63.9 Å². The summed E-state index contributed by atoms with van der Waals surface area (Å²) < 4.78 is 29.0. The second-order valence-corrected chi connectivity index (χ2v) is 13.8. The molecule has 0 spiro atoms. The molecule has 2 aliphatic heterocycles. The van der Waals surface area contributed by atoms with Crippen molar-refractivity contribution in [2.45, 2.75) is 111 Å². The molecule has 0 N–H and O–H groups in total. The van der Waals surface area contributed by atoms with Gasteiger partial charge in [-0.3, -0.25) is 24.4 Å². The average molecular weight is 672 g/mol. The first-order chi connectivity index (χ1) is 22.5. The van der Waals surface area contributed by atoms with Gasteiger partial charge in [-0.1, -0.05) is 52.0 Å². The molecule has 14 heteroatoms. The van der Waals surface area contributed by atoms with Gasteiger partial charge in [0.1, 0.15) is 17.6 Å². The summed E-state index contributed by atoms with van der Waals surface area (Å²) in [6, 6.07) is 5.28. The van der Waals surface area contributed by atoms with Crippen molar-refractivity contribution in [1.29, 1.82) is 0 Å². The Bertz CT molecular complexity index is 1540. The molecule has 3 heterocycles. The molecule has 48 heavy (non-hydrogen) atoms. The zero-order chi connectivity index (χ0) is 35.6. The van der Waals surface area contributed by atoms with Crippen molar-refractivity contribution in [2.24, 2.45) is 23.7 Å². The number of aryl methyl sites for hydroxylation is 1. The Labute approximate surface area is 279 Å². The number of esters is 1. The highest BCUT2D eigenvalue weighted by Gasteiger charge is 2.60. The number of carbonyl (C=O) groups is 4. The minimum absolute atomic E-state index is 0.0529. The number of rotatable bonds is 8. The second-order valence-electron chi connectivity index (χ2n) is 13.8. The molecule has 2 fully saturated rings. The van der Waals surface area contributed by atoms with Crippen LogP contribution in [0.15, 0.2) is 30.5 Å². The Morgan fingerprint density at radius 2 is 1.71 bits per heavy atom. The number of amides is 1. The van der Waals surface area contributed by atoms with Crippen LogP contribution in [0.2, 0.25) is 0 Å². The number of aromatic nitrogens is 3. The molecule has 0 bridgehead atoms. The lowest BCUT2D eigenvalue weighted by atomic mass is 9.75. The molecule has 0 saturated carbocycles. The molecule has 2 aliphatic rings. The molecule has 262 valence electrons. The third-order valence-electron chi connectivity index (χ3n) is 9.87. The first-order valence-electron chi connectivity index (χ1n) is 16.6. The van der Waals surface area contributed by atoms with Gasteiger partial charge in [-0.25, -0.2) is 14.0 Å². The summed E-state index contributed by atoms with van der Waals surface area (Å²) in [7, 11) is 0. The summed E-state index contributed by atoms with van der Waals surface area (Å²) in [5, 5.41) is 19.4. The number of non-ortho nitro benzene ring substituents is 1. The second kappa shape index (κ2) is 14.5. The number of carbonyl (C=O) groups excluding carboxylic acids is 4. The fraction of sp³-hybridized carbons (Fsp3) is 0.647. The Balaban J connectivity index is 1.55. The van der Waals surface area contributed by atoms with Crippen LogP contribution in [0.5, 0.6) is 0 Å². The van der Waals surface area contributed by atoms with E-state index in [9.17, 15) is 29.3 Å². The number of Topliss-reactive ketones (excluding diaryl/α,β-unsaturated/α-hetero) is 2. The maximum Gasteiger partial charge on any atom is 0.410 e. The van der Waals surface area contributed by atoms with Gasteiger partial charge in [0.2, 0.25) is 0 Å². The van der Waals surface area contributed by atoms with Crippen LogP contribution in [0.25, 0.3) is 11.3 Å². The van der Waals surface area contributed by atoms with E-state index in [1.54, 1.807) is 50.7 Å². The zero-order valence-corrected chi connectivity index (χ0v) is 28.7. The molecule has 1 aromatic heterocycles. The van der Waals surface area contributed by atoms with Gasteiger partial charge >= 0.3 is 12.1 Å². The van der Waals surface area contributed by atoms with Crippen molar-refractivity contribution in [3.05, 3.63) is 40.6 Å². The first-order valence-corrected chi connectivity index (χ1v) is 16.6. The molecule has 1 aromatic carbocycles. The number of alkyl halides is 1. The lowest BCUT2D eigenvalue weighted by Gasteiger charge is -2.41. The van der Waals surface area contributed by atoms with Crippen molar-refractivity contribution in [1.82, 2.24) is 19.9 Å². The largest absolute Gasteiger partial charge is 0.455 e. The predicted molar refractivity (Wildman–Crippen MR) is 172 cm³/mol. The zero-order valence-electron chi connectivity index (χ0n) is 28.7. The normalized spacial score (nSPS) is 32.0. The Kier molecular flexibility index (Phi) is 11.0. The van der Waals surface area contributed by atoms with E-state index in [1.807, 2.05) is 13.8 Å². The van der Waals surface area contributed by atoms with Gasteiger partial charge in [-0.15, -0.1) is 5.10 Å². The van der Waals surface area contributed by atoms with Crippen LogP contribution in [0.1, 0.15) is 80.6 Å². The number of unbranched alkanes of at least 4 members (excludes halogenated alkanes) is 1. The van der Waals surface area contributed by atoms with Crippen LogP contribution < -0.4 is 0 Å². The van der Waals surface area contributed by atoms with E-state index in [0.29, 0.717) is 43.5 Å². The quantitative estimate of drug-likeness (QED) is 0.111. The highest BCUT2D eigenvalue weighted by Crippen LogP contribution is 2.42.